The highest BCUT2D eigenvalue weighted by molar-refractivity contribution is 5.98. The number of aromatic nitrogens is 2. The van der Waals surface area contributed by atoms with Gasteiger partial charge in [0.2, 0.25) is 0 Å². The molecular formula is C14H22N4O. The Morgan fingerprint density at radius 3 is 2.74 bits per heavy atom. The van der Waals surface area contributed by atoms with Crippen molar-refractivity contribution in [1.82, 2.24) is 15.1 Å². The molecule has 1 saturated heterocycles. The molecule has 1 aliphatic carbocycles. The second-order valence-corrected chi connectivity index (χ2v) is 6.16. The lowest BCUT2D eigenvalue weighted by Gasteiger charge is -2.36. The van der Waals surface area contributed by atoms with Gasteiger partial charge in [-0.1, -0.05) is 6.92 Å². The van der Waals surface area contributed by atoms with Gasteiger partial charge in [0.25, 0.3) is 5.91 Å². The van der Waals surface area contributed by atoms with Crippen molar-refractivity contribution in [3.8, 4) is 0 Å². The molecule has 2 unspecified atom stereocenters. The standard InChI is InChI=1S/C14H22N4O/c1-8-3-4-9(2)18(7-8)14(19)13-11(15)12(16-17-13)10-5-6-10/h8-10H,3-7,15H2,1-2H3,(H,16,17). The molecule has 5 heteroatoms. The number of rotatable bonds is 2. The van der Waals surface area contributed by atoms with Crippen LogP contribution in [0, 0.1) is 5.92 Å². The lowest BCUT2D eigenvalue weighted by molar-refractivity contribution is 0.0569. The monoisotopic (exact) mass is 262 g/mol. The van der Waals surface area contributed by atoms with Gasteiger partial charge in [-0.15, -0.1) is 0 Å². The highest BCUT2D eigenvalue weighted by atomic mass is 16.2. The molecule has 0 bridgehead atoms. The molecule has 1 aromatic rings. The maximum Gasteiger partial charge on any atom is 0.276 e. The number of hydrogen-bond acceptors (Lipinski definition) is 3. The van der Waals surface area contributed by atoms with Crippen molar-refractivity contribution in [1.29, 1.82) is 0 Å². The van der Waals surface area contributed by atoms with Crippen LogP contribution in [0.4, 0.5) is 5.69 Å². The molecule has 3 N–H and O–H groups in total. The van der Waals surface area contributed by atoms with E-state index >= 15 is 0 Å². The van der Waals surface area contributed by atoms with Crippen LogP contribution in [0.3, 0.4) is 0 Å². The summed E-state index contributed by atoms with van der Waals surface area (Å²) < 4.78 is 0. The molecule has 2 fully saturated rings. The van der Waals surface area contributed by atoms with E-state index < -0.39 is 0 Å². The molecule has 0 spiro atoms. The van der Waals surface area contributed by atoms with Crippen LogP contribution in [0.25, 0.3) is 0 Å². The molecule has 1 amide bonds. The summed E-state index contributed by atoms with van der Waals surface area (Å²) in [6, 6.07) is 0.282. The van der Waals surface area contributed by atoms with Gasteiger partial charge in [-0.3, -0.25) is 9.89 Å². The van der Waals surface area contributed by atoms with Gasteiger partial charge < -0.3 is 10.6 Å². The first-order chi connectivity index (χ1) is 9.08. The van der Waals surface area contributed by atoms with E-state index in [1.807, 2.05) is 4.90 Å². The molecule has 1 saturated carbocycles. The number of anilines is 1. The van der Waals surface area contributed by atoms with Crippen molar-refractivity contribution in [2.45, 2.75) is 51.5 Å². The average Bonchev–Trinajstić information content (AvgIpc) is 3.15. The van der Waals surface area contributed by atoms with E-state index in [0.717, 1.165) is 31.5 Å². The minimum atomic E-state index is -0.0142. The fourth-order valence-corrected chi connectivity index (χ4v) is 2.92. The minimum Gasteiger partial charge on any atom is -0.395 e. The number of carbonyl (C=O) groups is 1. The molecule has 104 valence electrons. The molecular weight excluding hydrogens is 240 g/mol. The van der Waals surface area contributed by atoms with Crippen LogP contribution in [0.1, 0.15) is 61.6 Å². The number of nitrogen functional groups attached to an aromatic ring is 1. The van der Waals surface area contributed by atoms with Crippen LogP contribution in [0.15, 0.2) is 0 Å². The summed E-state index contributed by atoms with van der Waals surface area (Å²) in [5.74, 6) is 1.04. The van der Waals surface area contributed by atoms with Crippen LogP contribution < -0.4 is 5.73 Å². The average molecular weight is 262 g/mol. The zero-order valence-electron chi connectivity index (χ0n) is 11.6. The summed E-state index contributed by atoms with van der Waals surface area (Å²) in [6.45, 7) is 5.11. The SMILES string of the molecule is CC1CCC(C)N(C(=O)c2n[nH]c(C3CC3)c2N)C1. The molecule has 2 heterocycles. The Morgan fingerprint density at radius 1 is 1.32 bits per heavy atom. The summed E-state index contributed by atoms with van der Waals surface area (Å²) >= 11 is 0. The Labute approximate surface area is 113 Å². The smallest absolute Gasteiger partial charge is 0.276 e. The predicted molar refractivity (Wildman–Crippen MR) is 73.9 cm³/mol. The van der Waals surface area contributed by atoms with Crippen molar-refractivity contribution in [2.24, 2.45) is 5.92 Å². The highest BCUT2D eigenvalue weighted by Gasteiger charge is 2.34. The second-order valence-electron chi connectivity index (χ2n) is 6.16. The molecule has 1 aromatic heterocycles. The lowest BCUT2D eigenvalue weighted by atomic mass is 9.94. The number of piperidine rings is 1. The molecule has 3 rings (SSSR count). The van der Waals surface area contributed by atoms with Crippen LogP contribution in [-0.2, 0) is 0 Å². The number of aromatic amines is 1. The summed E-state index contributed by atoms with van der Waals surface area (Å²) in [5, 5.41) is 7.13. The van der Waals surface area contributed by atoms with Crippen LogP contribution in [-0.4, -0.2) is 33.6 Å². The summed E-state index contributed by atoms with van der Waals surface area (Å²) in [5.41, 5.74) is 8.04. The molecule has 19 heavy (non-hydrogen) atoms. The molecule has 2 atom stereocenters. The van der Waals surface area contributed by atoms with Crippen LogP contribution in [0.5, 0.6) is 0 Å². The Morgan fingerprint density at radius 2 is 2.05 bits per heavy atom. The number of amides is 1. The van der Waals surface area contributed by atoms with Crippen LogP contribution in [0.2, 0.25) is 0 Å². The Kier molecular flexibility index (Phi) is 2.99. The predicted octanol–water partition coefficient (Wildman–Crippen LogP) is 2.13. The molecule has 2 aliphatic rings. The Bertz CT molecular complexity index is 492. The number of nitrogens with zero attached hydrogens (tertiary/aromatic N) is 2. The van der Waals surface area contributed by atoms with Gasteiger partial charge in [0.05, 0.1) is 11.4 Å². The van der Waals surface area contributed by atoms with Gasteiger partial charge in [-0.05, 0) is 38.5 Å². The number of nitrogens with two attached hydrogens (primary N) is 1. The normalized spacial score (nSPS) is 27.6. The first-order valence-corrected chi connectivity index (χ1v) is 7.22. The van der Waals surface area contributed by atoms with E-state index in [1.165, 1.54) is 6.42 Å². The molecule has 5 nitrogen and oxygen atoms in total. The fraction of sp³-hybridized carbons (Fsp3) is 0.714. The van der Waals surface area contributed by atoms with Crippen molar-refractivity contribution in [3.05, 3.63) is 11.4 Å². The minimum absolute atomic E-state index is 0.0142. The quantitative estimate of drug-likeness (QED) is 0.857. The van der Waals surface area contributed by atoms with Gasteiger partial charge in [-0.2, -0.15) is 5.10 Å². The summed E-state index contributed by atoms with van der Waals surface area (Å²) in [6.07, 6.45) is 4.55. The maximum atomic E-state index is 12.6. The van der Waals surface area contributed by atoms with Crippen molar-refractivity contribution in [3.63, 3.8) is 0 Å². The van der Waals surface area contributed by atoms with Gasteiger partial charge in [-0.25, -0.2) is 0 Å². The number of hydrogen-bond donors (Lipinski definition) is 2. The zero-order valence-corrected chi connectivity index (χ0v) is 11.6. The Hall–Kier alpha value is -1.52. The molecule has 0 aromatic carbocycles. The maximum absolute atomic E-state index is 12.6. The number of H-pyrrole nitrogens is 1. The van der Waals surface area contributed by atoms with Gasteiger partial charge >= 0.3 is 0 Å². The molecule has 0 radical (unpaired) electrons. The van der Waals surface area contributed by atoms with E-state index in [1.54, 1.807) is 0 Å². The van der Waals surface area contributed by atoms with Crippen molar-refractivity contribution >= 4 is 11.6 Å². The lowest BCUT2D eigenvalue weighted by Crippen LogP contribution is -2.45. The van der Waals surface area contributed by atoms with Gasteiger partial charge in [0.15, 0.2) is 5.69 Å². The topological polar surface area (TPSA) is 75.0 Å². The van der Waals surface area contributed by atoms with Gasteiger partial charge in [0.1, 0.15) is 0 Å². The van der Waals surface area contributed by atoms with E-state index in [0.29, 0.717) is 23.2 Å². The molecule has 1 aliphatic heterocycles. The van der Waals surface area contributed by atoms with Crippen molar-refractivity contribution in [2.75, 3.05) is 12.3 Å². The van der Waals surface area contributed by atoms with Crippen LogP contribution >= 0.6 is 0 Å². The van der Waals surface area contributed by atoms with E-state index in [-0.39, 0.29) is 11.9 Å². The second kappa shape index (κ2) is 4.54. The third-order valence-electron chi connectivity index (χ3n) is 4.40. The first kappa shape index (κ1) is 12.5. The van der Waals surface area contributed by atoms with Crippen molar-refractivity contribution < 1.29 is 4.79 Å². The summed E-state index contributed by atoms with van der Waals surface area (Å²) in [7, 11) is 0. The highest BCUT2D eigenvalue weighted by Crippen LogP contribution is 2.42. The Balaban J connectivity index is 1.82. The summed E-state index contributed by atoms with van der Waals surface area (Å²) in [4.78, 5) is 14.5. The van der Waals surface area contributed by atoms with E-state index in [4.69, 9.17) is 5.73 Å². The largest absolute Gasteiger partial charge is 0.395 e. The fourth-order valence-electron chi connectivity index (χ4n) is 2.92. The third-order valence-corrected chi connectivity index (χ3v) is 4.40. The van der Waals surface area contributed by atoms with E-state index in [2.05, 4.69) is 24.0 Å². The third kappa shape index (κ3) is 2.22. The number of nitrogens with one attached hydrogen (secondary N) is 1. The number of carbonyl (C=O) groups excluding carboxylic acids is 1. The zero-order chi connectivity index (χ0) is 13.6. The van der Waals surface area contributed by atoms with Gasteiger partial charge in [0, 0.05) is 18.5 Å². The van der Waals surface area contributed by atoms with E-state index in [9.17, 15) is 4.79 Å². The number of likely N-dealkylation sites (tertiary alicyclic amines) is 1. The first-order valence-electron chi connectivity index (χ1n) is 7.22.